The molecule has 1 aromatic heterocycles. The average molecular weight is 423 g/mol. The van der Waals surface area contributed by atoms with Crippen molar-refractivity contribution in [1.29, 1.82) is 0 Å². The fraction of sp³-hybridized carbons (Fsp3) is 0.263. The Morgan fingerprint density at radius 2 is 1.86 bits per heavy atom. The number of aromatic nitrogens is 2. The Labute approximate surface area is 171 Å². The minimum absolute atomic E-state index is 0.0387. The van der Waals surface area contributed by atoms with Crippen molar-refractivity contribution in [2.45, 2.75) is 13.0 Å². The van der Waals surface area contributed by atoms with Gasteiger partial charge in [-0.2, -0.15) is 0 Å². The summed E-state index contributed by atoms with van der Waals surface area (Å²) in [5.41, 5.74) is 2.51. The maximum Gasteiger partial charge on any atom is 0.323 e. The summed E-state index contributed by atoms with van der Waals surface area (Å²) in [6.07, 6.45) is 0.547. The van der Waals surface area contributed by atoms with E-state index in [1.807, 2.05) is 11.0 Å². The molecule has 0 aliphatic heterocycles. The number of aliphatic hydroxyl groups is 1. The molecule has 2 aromatic carbocycles. The summed E-state index contributed by atoms with van der Waals surface area (Å²) in [6, 6.07) is 10.5. The molecule has 1 amide bonds. The molecule has 0 fully saturated rings. The van der Waals surface area contributed by atoms with Gasteiger partial charge in [0.05, 0.1) is 27.6 Å². The van der Waals surface area contributed by atoms with E-state index in [0.29, 0.717) is 46.3 Å². The number of aromatic amines is 2. The number of fused-ring (bicyclic) bond motifs is 1. The molecule has 3 rings (SSSR count). The molecule has 1 heterocycles. The summed E-state index contributed by atoms with van der Waals surface area (Å²) in [5, 5.41) is 12.9. The van der Waals surface area contributed by atoms with Crippen LogP contribution in [0.3, 0.4) is 0 Å². The van der Waals surface area contributed by atoms with Crippen LogP contribution in [-0.4, -0.2) is 45.6 Å². The molecule has 0 aliphatic carbocycles. The smallest absolute Gasteiger partial charge is 0.323 e. The van der Waals surface area contributed by atoms with E-state index in [-0.39, 0.29) is 24.7 Å². The third-order valence-corrected chi connectivity index (χ3v) is 4.93. The minimum atomic E-state index is -0.296. The molecule has 0 spiro atoms. The Kier molecular flexibility index (Phi) is 6.74. The van der Waals surface area contributed by atoms with Gasteiger partial charge in [0.2, 0.25) is 5.91 Å². The van der Waals surface area contributed by atoms with E-state index < -0.39 is 0 Å². The first-order valence-electron chi connectivity index (χ1n) is 8.73. The first-order chi connectivity index (χ1) is 13.4. The zero-order valence-electron chi connectivity index (χ0n) is 15.0. The summed E-state index contributed by atoms with van der Waals surface area (Å²) in [5.74, 6) is -0.199. The number of H-pyrrole nitrogens is 2. The summed E-state index contributed by atoms with van der Waals surface area (Å²) in [6.45, 7) is 1.22. The van der Waals surface area contributed by atoms with Crippen molar-refractivity contribution in [3.8, 4) is 0 Å². The third kappa shape index (κ3) is 5.36. The SMILES string of the molecule is O=C(CN(CCCO)Cc1ccc(Cl)c(Cl)c1)Nc1ccc2[nH]c(=O)[nH]c2c1. The number of nitrogens with one attached hydrogen (secondary N) is 3. The van der Waals surface area contributed by atoms with Crippen LogP contribution in [0.5, 0.6) is 0 Å². The molecular formula is C19H20Cl2N4O3. The molecule has 0 aliphatic rings. The van der Waals surface area contributed by atoms with Crippen LogP contribution in [0, 0.1) is 0 Å². The van der Waals surface area contributed by atoms with Crippen molar-refractivity contribution < 1.29 is 9.90 Å². The second-order valence-corrected chi connectivity index (χ2v) is 7.24. The molecule has 148 valence electrons. The lowest BCUT2D eigenvalue weighted by atomic mass is 10.2. The van der Waals surface area contributed by atoms with E-state index in [1.54, 1.807) is 30.3 Å². The Hall–Kier alpha value is -2.32. The summed E-state index contributed by atoms with van der Waals surface area (Å²) in [4.78, 5) is 31.1. The highest BCUT2D eigenvalue weighted by atomic mass is 35.5. The number of benzene rings is 2. The maximum atomic E-state index is 12.5. The number of carbonyl (C=O) groups is 1. The van der Waals surface area contributed by atoms with E-state index in [4.69, 9.17) is 28.3 Å². The normalized spacial score (nSPS) is 11.3. The number of aliphatic hydroxyl groups excluding tert-OH is 1. The van der Waals surface area contributed by atoms with Gasteiger partial charge in [-0.25, -0.2) is 4.79 Å². The molecular weight excluding hydrogens is 403 g/mol. The zero-order chi connectivity index (χ0) is 20.1. The van der Waals surface area contributed by atoms with Gasteiger partial charge in [-0.3, -0.25) is 9.69 Å². The molecule has 0 unspecified atom stereocenters. The lowest BCUT2D eigenvalue weighted by Gasteiger charge is -2.22. The largest absolute Gasteiger partial charge is 0.396 e. The third-order valence-electron chi connectivity index (χ3n) is 4.19. The predicted octanol–water partition coefficient (Wildman–Crippen LogP) is 2.99. The molecule has 0 saturated carbocycles. The van der Waals surface area contributed by atoms with E-state index in [2.05, 4.69) is 15.3 Å². The summed E-state index contributed by atoms with van der Waals surface area (Å²) in [7, 11) is 0. The molecule has 9 heteroatoms. The van der Waals surface area contributed by atoms with E-state index in [9.17, 15) is 9.59 Å². The van der Waals surface area contributed by atoms with Gasteiger partial charge < -0.3 is 20.4 Å². The van der Waals surface area contributed by atoms with E-state index in [0.717, 1.165) is 5.56 Å². The van der Waals surface area contributed by atoms with E-state index in [1.165, 1.54) is 0 Å². The van der Waals surface area contributed by atoms with Gasteiger partial charge in [-0.1, -0.05) is 29.3 Å². The number of imidazole rings is 1. The van der Waals surface area contributed by atoms with Crippen LogP contribution < -0.4 is 11.0 Å². The van der Waals surface area contributed by atoms with Crippen LogP contribution in [0.1, 0.15) is 12.0 Å². The summed E-state index contributed by atoms with van der Waals surface area (Å²) >= 11 is 12.0. The number of anilines is 1. The molecule has 7 nitrogen and oxygen atoms in total. The highest BCUT2D eigenvalue weighted by molar-refractivity contribution is 6.42. The topological polar surface area (TPSA) is 101 Å². The first kappa shape index (κ1) is 20.4. The highest BCUT2D eigenvalue weighted by Crippen LogP contribution is 2.23. The molecule has 0 radical (unpaired) electrons. The first-order valence-corrected chi connectivity index (χ1v) is 9.49. The lowest BCUT2D eigenvalue weighted by molar-refractivity contribution is -0.117. The molecule has 0 saturated heterocycles. The minimum Gasteiger partial charge on any atom is -0.396 e. The van der Waals surface area contributed by atoms with Gasteiger partial charge >= 0.3 is 5.69 Å². The fourth-order valence-corrected chi connectivity index (χ4v) is 3.24. The van der Waals surface area contributed by atoms with Gasteiger partial charge in [0.15, 0.2) is 0 Å². The Morgan fingerprint density at radius 3 is 2.61 bits per heavy atom. The number of amides is 1. The second-order valence-electron chi connectivity index (χ2n) is 6.42. The van der Waals surface area contributed by atoms with Crippen molar-refractivity contribution in [3.63, 3.8) is 0 Å². The van der Waals surface area contributed by atoms with Crippen LogP contribution in [0.25, 0.3) is 11.0 Å². The Bertz CT molecular complexity index is 1030. The van der Waals surface area contributed by atoms with Crippen LogP contribution in [0.4, 0.5) is 5.69 Å². The Morgan fingerprint density at radius 1 is 1.07 bits per heavy atom. The number of halogens is 2. The van der Waals surface area contributed by atoms with Crippen LogP contribution in [0.2, 0.25) is 10.0 Å². The molecule has 0 bridgehead atoms. The van der Waals surface area contributed by atoms with Crippen LogP contribution >= 0.6 is 23.2 Å². The number of nitrogens with zero attached hydrogens (tertiary/aromatic N) is 1. The van der Waals surface area contributed by atoms with Gasteiger partial charge in [-0.15, -0.1) is 0 Å². The number of rotatable bonds is 8. The van der Waals surface area contributed by atoms with Crippen molar-refractivity contribution in [2.24, 2.45) is 0 Å². The van der Waals surface area contributed by atoms with E-state index >= 15 is 0 Å². The van der Waals surface area contributed by atoms with Crippen LogP contribution in [0.15, 0.2) is 41.2 Å². The van der Waals surface area contributed by atoms with Crippen molar-refractivity contribution >= 4 is 45.8 Å². The lowest BCUT2D eigenvalue weighted by Crippen LogP contribution is -2.34. The Balaban J connectivity index is 1.67. The van der Waals surface area contributed by atoms with Gasteiger partial charge in [0, 0.05) is 25.4 Å². The number of carbonyl (C=O) groups excluding carboxylic acids is 1. The average Bonchev–Trinajstić information content (AvgIpc) is 3.02. The van der Waals surface area contributed by atoms with Gasteiger partial charge in [0.25, 0.3) is 0 Å². The molecule has 28 heavy (non-hydrogen) atoms. The van der Waals surface area contributed by atoms with Gasteiger partial charge in [-0.05, 0) is 42.3 Å². The van der Waals surface area contributed by atoms with Gasteiger partial charge in [0.1, 0.15) is 0 Å². The number of hydrogen-bond acceptors (Lipinski definition) is 4. The fourth-order valence-electron chi connectivity index (χ4n) is 2.92. The molecule has 0 atom stereocenters. The maximum absolute atomic E-state index is 12.5. The predicted molar refractivity (Wildman–Crippen MR) is 111 cm³/mol. The van der Waals surface area contributed by atoms with Crippen molar-refractivity contribution in [2.75, 3.05) is 25.0 Å². The summed E-state index contributed by atoms with van der Waals surface area (Å²) < 4.78 is 0. The number of hydrogen-bond donors (Lipinski definition) is 4. The monoisotopic (exact) mass is 422 g/mol. The van der Waals surface area contributed by atoms with Crippen molar-refractivity contribution in [1.82, 2.24) is 14.9 Å². The standard InChI is InChI=1S/C19H20Cl2N4O3/c20-14-4-2-12(8-15(14)21)10-25(6-1-7-26)11-18(27)22-13-3-5-16-17(9-13)24-19(28)23-16/h2-5,8-9,26H,1,6-7,10-11H2,(H,22,27)(H2,23,24,28). The van der Waals surface area contributed by atoms with Crippen molar-refractivity contribution in [3.05, 3.63) is 62.5 Å². The highest BCUT2D eigenvalue weighted by Gasteiger charge is 2.13. The molecule has 3 aromatic rings. The van der Waals surface area contributed by atoms with Crippen LogP contribution in [-0.2, 0) is 11.3 Å². The second kappa shape index (κ2) is 9.25. The quantitative estimate of drug-likeness (QED) is 0.448. The molecule has 4 N–H and O–H groups in total. The zero-order valence-corrected chi connectivity index (χ0v) is 16.5.